The minimum Gasteiger partial charge on any atom is -0.481 e. The Morgan fingerprint density at radius 3 is 2.90 bits per heavy atom. The van der Waals surface area contributed by atoms with Crippen LogP contribution in [0.4, 0.5) is 4.79 Å². The largest absolute Gasteiger partial charge is 0.481 e. The van der Waals surface area contributed by atoms with E-state index in [-0.39, 0.29) is 18.1 Å². The van der Waals surface area contributed by atoms with Gasteiger partial charge in [0.05, 0.1) is 11.5 Å². The fourth-order valence-corrected chi connectivity index (χ4v) is 3.39. The number of carboxylic acids is 1. The summed E-state index contributed by atoms with van der Waals surface area (Å²) >= 11 is 1.58. The Hall–Kier alpha value is -1.56. The predicted octanol–water partition coefficient (Wildman–Crippen LogP) is 2.75. The average Bonchev–Trinajstić information content (AvgIpc) is 3.00. The Morgan fingerprint density at radius 2 is 2.30 bits per heavy atom. The van der Waals surface area contributed by atoms with E-state index in [2.05, 4.69) is 10.6 Å². The van der Waals surface area contributed by atoms with E-state index < -0.39 is 11.4 Å². The van der Waals surface area contributed by atoms with Gasteiger partial charge in [-0.15, -0.1) is 11.3 Å². The first kappa shape index (κ1) is 14.8. The summed E-state index contributed by atoms with van der Waals surface area (Å²) in [6, 6.07) is 3.22. The minimum atomic E-state index is -0.858. The molecule has 0 bridgehead atoms. The van der Waals surface area contributed by atoms with Crippen LogP contribution in [-0.2, 0) is 4.79 Å². The lowest BCUT2D eigenvalue weighted by atomic mass is 9.85. The maximum atomic E-state index is 12.0. The second kappa shape index (κ2) is 5.83. The molecule has 1 aromatic heterocycles. The van der Waals surface area contributed by atoms with Gasteiger partial charge in [0.25, 0.3) is 0 Å². The predicted molar refractivity (Wildman–Crippen MR) is 77.8 cm³/mol. The zero-order valence-corrected chi connectivity index (χ0v) is 12.5. The number of carboxylic acid groups (broad SMARTS) is 1. The van der Waals surface area contributed by atoms with Crippen molar-refractivity contribution in [1.29, 1.82) is 0 Å². The second-order valence-electron chi connectivity index (χ2n) is 5.52. The third kappa shape index (κ3) is 2.95. The van der Waals surface area contributed by atoms with Gasteiger partial charge in [-0.1, -0.05) is 12.5 Å². The van der Waals surface area contributed by atoms with Crippen LogP contribution < -0.4 is 10.6 Å². The number of carbonyl (C=O) groups is 2. The summed E-state index contributed by atoms with van der Waals surface area (Å²) in [5.41, 5.74) is -0.858. The lowest BCUT2D eigenvalue weighted by Gasteiger charge is -2.28. The molecule has 2 amide bonds. The molecule has 0 aromatic carbocycles. The Morgan fingerprint density at radius 1 is 1.55 bits per heavy atom. The topological polar surface area (TPSA) is 78.4 Å². The van der Waals surface area contributed by atoms with Gasteiger partial charge in [0, 0.05) is 10.9 Å². The average molecular weight is 296 g/mol. The quantitative estimate of drug-likeness (QED) is 0.799. The van der Waals surface area contributed by atoms with Crippen molar-refractivity contribution in [3.8, 4) is 0 Å². The van der Waals surface area contributed by atoms with Crippen LogP contribution in [0.5, 0.6) is 0 Å². The molecule has 1 fully saturated rings. The molecular weight excluding hydrogens is 276 g/mol. The standard InChI is InChI=1S/C14H20N2O3S/c1-9(10-5-4-8-20-10)15-13(19)16-11-6-3-7-14(11,2)12(17)18/h4-5,8-9,11H,3,6-7H2,1-2H3,(H,17,18)(H2,15,16,19). The van der Waals surface area contributed by atoms with Crippen LogP contribution in [0.15, 0.2) is 17.5 Å². The van der Waals surface area contributed by atoms with Gasteiger partial charge in [-0.2, -0.15) is 0 Å². The maximum absolute atomic E-state index is 12.0. The maximum Gasteiger partial charge on any atom is 0.315 e. The lowest BCUT2D eigenvalue weighted by molar-refractivity contribution is -0.148. The fourth-order valence-electron chi connectivity index (χ4n) is 2.66. The van der Waals surface area contributed by atoms with E-state index >= 15 is 0 Å². The monoisotopic (exact) mass is 296 g/mol. The number of hydrogen-bond donors (Lipinski definition) is 3. The molecule has 0 saturated heterocycles. The van der Waals surface area contributed by atoms with E-state index in [9.17, 15) is 14.7 Å². The SMILES string of the molecule is CC(NC(=O)NC1CCCC1(C)C(=O)O)c1cccs1. The highest BCUT2D eigenvalue weighted by Crippen LogP contribution is 2.38. The summed E-state index contributed by atoms with van der Waals surface area (Å²) in [7, 11) is 0. The number of aliphatic carboxylic acids is 1. The van der Waals surface area contributed by atoms with E-state index in [1.165, 1.54) is 0 Å². The van der Waals surface area contributed by atoms with Gasteiger partial charge in [0.1, 0.15) is 0 Å². The molecule has 2 rings (SSSR count). The molecule has 1 heterocycles. The van der Waals surface area contributed by atoms with E-state index in [4.69, 9.17) is 0 Å². The van der Waals surface area contributed by atoms with Crippen molar-refractivity contribution in [3.63, 3.8) is 0 Å². The first-order chi connectivity index (χ1) is 9.43. The van der Waals surface area contributed by atoms with Crippen LogP contribution in [0, 0.1) is 5.41 Å². The van der Waals surface area contributed by atoms with Gasteiger partial charge >= 0.3 is 12.0 Å². The van der Waals surface area contributed by atoms with Crippen molar-refractivity contribution in [3.05, 3.63) is 22.4 Å². The normalized spacial score (nSPS) is 27.0. The van der Waals surface area contributed by atoms with Gasteiger partial charge in [-0.25, -0.2) is 4.79 Å². The zero-order chi connectivity index (χ0) is 14.8. The van der Waals surface area contributed by atoms with Gasteiger partial charge in [0.2, 0.25) is 0 Å². The third-order valence-corrected chi connectivity index (χ3v) is 5.12. The minimum absolute atomic E-state index is 0.0764. The van der Waals surface area contributed by atoms with Gasteiger partial charge in [0.15, 0.2) is 0 Å². The third-order valence-electron chi connectivity index (χ3n) is 4.07. The summed E-state index contributed by atoms with van der Waals surface area (Å²) < 4.78 is 0. The molecule has 3 N–H and O–H groups in total. The van der Waals surface area contributed by atoms with Crippen LogP contribution in [0.3, 0.4) is 0 Å². The van der Waals surface area contributed by atoms with E-state index in [0.717, 1.165) is 11.3 Å². The highest BCUT2D eigenvalue weighted by molar-refractivity contribution is 7.10. The number of hydrogen-bond acceptors (Lipinski definition) is 3. The van der Waals surface area contributed by atoms with Crippen molar-refractivity contribution in [2.24, 2.45) is 5.41 Å². The molecule has 110 valence electrons. The van der Waals surface area contributed by atoms with Gasteiger partial charge in [-0.05, 0) is 38.1 Å². The molecular formula is C14H20N2O3S. The molecule has 1 aromatic rings. The van der Waals surface area contributed by atoms with Crippen LogP contribution in [0.2, 0.25) is 0 Å². The van der Waals surface area contributed by atoms with Crippen molar-refractivity contribution in [1.82, 2.24) is 10.6 Å². The molecule has 5 nitrogen and oxygen atoms in total. The molecule has 0 aliphatic heterocycles. The summed E-state index contributed by atoms with van der Waals surface area (Å²) in [5, 5.41) is 17.0. The number of urea groups is 1. The van der Waals surface area contributed by atoms with Crippen molar-refractivity contribution in [2.75, 3.05) is 0 Å². The molecule has 1 aliphatic carbocycles. The van der Waals surface area contributed by atoms with E-state index in [1.54, 1.807) is 18.3 Å². The van der Waals surface area contributed by atoms with Gasteiger partial charge < -0.3 is 15.7 Å². The summed E-state index contributed by atoms with van der Waals surface area (Å²) in [4.78, 5) is 24.4. The molecule has 1 aliphatic rings. The number of amides is 2. The fraction of sp³-hybridized carbons (Fsp3) is 0.571. The number of carbonyl (C=O) groups excluding carboxylic acids is 1. The number of thiophene rings is 1. The molecule has 0 radical (unpaired) electrons. The van der Waals surface area contributed by atoms with Crippen LogP contribution in [-0.4, -0.2) is 23.1 Å². The van der Waals surface area contributed by atoms with Crippen LogP contribution in [0.1, 0.15) is 44.0 Å². The van der Waals surface area contributed by atoms with Crippen molar-refractivity contribution < 1.29 is 14.7 Å². The van der Waals surface area contributed by atoms with Gasteiger partial charge in [-0.3, -0.25) is 4.79 Å². The first-order valence-electron chi connectivity index (χ1n) is 6.77. The van der Waals surface area contributed by atoms with E-state index in [1.807, 2.05) is 24.4 Å². The summed E-state index contributed by atoms with van der Waals surface area (Å²) in [6.07, 6.45) is 2.14. The Labute approximate surface area is 122 Å². The Kier molecular flexibility index (Phi) is 4.32. The van der Waals surface area contributed by atoms with Crippen LogP contribution >= 0.6 is 11.3 Å². The summed E-state index contributed by atoms with van der Waals surface area (Å²) in [5.74, 6) is -0.841. The smallest absolute Gasteiger partial charge is 0.315 e. The Balaban J connectivity index is 1.93. The first-order valence-corrected chi connectivity index (χ1v) is 7.65. The highest BCUT2D eigenvalue weighted by Gasteiger charge is 2.45. The molecule has 3 atom stereocenters. The summed E-state index contributed by atoms with van der Waals surface area (Å²) in [6.45, 7) is 3.62. The van der Waals surface area contributed by atoms with Crippen LogP contribution in [0.25, 0.3) is 0 Å². The van der Waals surface area contributed by atoms with Crippen molar-refractivity contribution >= 4 is 23.3 Å². The highest BCUT2D eigenvalue weighted by atomic mass is 32.1. The van der Waals surface area contributed by atoms with E-state index in [0.29, 0.717) is 12.8 Å². The number of nitrogens with one attached hydrogen (secondary N) is 2. The lowest BCUT2D eigenvalue weighted by Crippen LogP contribution is -2.50. The molecule has 1 saturated carbocycles. The molecule has 3 unspecified atom stereocenters. The Bertz CT molecular complexity index is 489. The molecule has 20 heavy (non-hydrogen) atoms. The molecule has 0 spiro atoms. The zero-order valence-electron chi connectivity index (χ0n) is 11.7. The second-order valence-corrected chi connectivity index (χ2v) is 6.50. The van der Waals surface area contributed by atoms with Crippen molar-refractivity contribution in [2.45, 2.75) is 45.2 Å². The number of rotatable bonds is 4. The molecule has 6 heteroatoms.